The number of hydrogen-bond acceptors (Lipinski definition) is 8. The van der Waals surface area contributed by atoms with Crippen LogP contribution < -0.4 is 9.80 Å². The molecule has 4 rings (SSSR count). The number of aromatic nitrogens is 3. The van der Waals surface area contributed by atoms with Gasteiger partial charge >= 0.3 is 0 Å². The van der Waals surface area contributed by atoms with Crippen LogP contribution in [0.4, 0.5) is 11.6 Å². The van der Waals surface area contributed by atoms with E-state index in [4.69, 9.17) is 0 Å². The Hall–Kier alpha value is -2.20. The molecule has 0 bridgehead atoms. The van der Waals surface area contributed by atoms with Crippen molar-refractivity contribution < 1.29 is 12.9 Å². The minimum absolute atomic E-state index is 0.0966. The largest absolute Gasteiger partial charge is 0.363 e. The fourth-order valence-corrected chi connectivity index (χ4v) is 4.54. The van der Waals surface area contributed by atoms with Gasteiger partial charge in [-0.15, -0.1) is 0 Å². The molecule has 134 valence electrons. The molecule has 0 aliphatic carbocycles. The second-order valence-corrected chi connectivity index (χ2v) is 8.12. The zero-order valence-electron chi connectivity index (χ0n) is 13.8. The van der Waals surface area contributed by atoms with Gasteiger partial charge in [0, 0.05) is 45.3 Å². The highest BCUT2D eigenvalue weighted by molar-refractivity contribution is 7.89. The first-order chi connectivity index (χ1) is 12.1. The predicted octanol–water partition coefficient (Wildman–Crippen LogP) is 0.576. The molecule has 10 heteroatoms. The normalized spacial score (nSPS) is 19.5. The molecule has 0 saturated carbocycles. The molecule has 2 saturated heterocycles. The van der Waals surface area contributed by atoms with E-state index in [0.29, 0.717) is 26.2 Å². The van der Waals surface area contributed by atoms with Gasteiger partial charge in [-0.25, -0.2) is 18.4 Å². The summed E-state index contributed by atoms with van der Waals surface area (Å²) >= 11 is 0. The summed E-state index contributed by atoms with van der Waals surface area (Å²) in [6, 6.07) is 2.00. The van der Waals surface area contributed by atoms with E-state index in [0.717, 1.165) is 31.0 Å². The molecule has 0 N–H and O–H groups in total. The molecule has 4 heterocycles. The quantitative estimate of drug-likeness (QED) is 0.777. The zero-order chi connectivity index (χ0) is 17.3. The maximum atomic E-state index is 12.5. The zero-order valence-corrected chi connectivity index (χ0v) is 14.6. The standard InChI is InChI=1S/C15H20N6O3S/c22-25(23,13-10-18-24-11-13)21-7-5-20(6-8-21)15-9-14(16-12-17-15)19-3-1-2-4-19/h9-12H,1-8H2. The fourth-order valence-electron chi connectivity index (χ4n) is 3.26. The average Bonchev–Trinajstić information content (AvgIpc) is 3.36. The maximum absolute atomic E-state index is 12.5. The third-order valence-electron chi connectivity index (χ3n) is 4.68. The van der Waals surface area contributed by atoms with Crippen LogP contribution in [0.3, 0.4) is 0 Å². The van der Waals surface area contributed by atoms with Gasteiger partial charge in [0.25, 0.3) is 0 Å². The van der Waals surface area contributed by atoms with E-state index >= 15 is 0 Å². The lowest BCUT2D eigenvalue weighted by Gasteiger charge is -2.34. The van der Waals surface area contributed by atoms with Crippen LogP contribution in [0.2, 0.25) is 0 Å². The van der Waals surface area contributed by atoms with Crippen molar-refractivity contribution in [3.05, 3.63) is 24.9 Å². The number of sulfonamides is 1. The highest BCUT2D eigenvalue weighted by atomic mass is 32.2. The fraction of sp³-hybridized carbons (Fsp3) is 0.533. The van der Waals surface area contributed by atoms with E-state index in [-0.39, 0.29) is 4.90 Å². The van der Waals surface area contributed by atoms with E-state index < -0.39 is 10.0 Å². The van der Waals surface area contributed by atoms with Gasteiger partial charge < -0.3 is 14.3 Å². The first-order valence-corrected chi connectivity index (χ1v) is 9.80. The maximum Gasteiger partial charge on any atom is 0.248 e. The lowest BCUT2D eigenvalue weighted by molar-refractivity contribution is 0.382. The van der Waals surface area contributed by atoms with E-state index in [9.17, 15) is 8.42 Å². The van der Waals surface area contributed by atoms with E-state index in [1.807, 2.05) is 6.07 Å². The van der Waals surface area contributed by atoms with Crippen molar-refractivity contribution in [3.8, 4) is 0 Å². The summed E-state index contributed by atoms with van der Waals surface area (Å²) in [6.45, 7) is 4.03. The Balaban J connectivity index is 1.44. The third kappa shape index (κ3) is 3.19. The molecule has 2 aromatic rings. The van der Waals surface area contributed by atoms with Crippen LogP contribution in [0.1, 0.15) is 12.8 Å². The molecule has 0 aromatic carbocycles. The number of hydrogen-bond donors (Lipinski definition) is 0. The van der Waals surface area contributed by atoms with Gasteiger partial charge in [-0.3, -0.25) is 0 Å². The molecule has 0 amide bonds. The minimum atomic E-state index is -3.54. The Morgan fingerprint density at radius 1 is 0.920 bits per heavy atom. The molecule has 0 spiro atoms. The Kier molecular flexibility index (Phi) is 4.30. The molecule has 25 heavy (non-hydrogen) atoms. The van der Waals surface area contributed by atoms with Crippen molar-refractivity contribution >= 4 is 21.7 Å². The summed E-state index contributed by atoms with van der Waals surface area (Å²) in [5, 5.41) is 3.48. The number of nitrogens with zero attached hydrogens (tertiary/aromatic N) is 6. The first-order valence-electron chi connectivity index (χ1n) is 8.36. The summed E-state index contributed by atoms with van der Waals surface area (Å²) in [5.41, 5.74) is 0. The van der Waals surface area contributed by atoms with Crippen LogP contribution in [0.5, 0.6) is 0 Å². The smallest absolute Gasteiger partial charge is 0.248 e. The van der Waals surface area contributed by atoms with Gasteiger partial charge in [0.05, 0.1) is 6.20 Å². The molecule has 9 nitrogen and oxygen atoms in total. The van der Waals surface area contributed by atoms with Crippen LogP contribution in [0.15, 0.2) is 34.3 Å². The lowest BCUT2D eigenvalue weighted by atomic mass is 10.3. The summed E-state index contributed by atoms with van der Waals surface area (Å²) in [6.07, 6.45) is 6.36. The molecular weight excluding hydrogens is 344 g/mol. The third-order valence-corrected chi connectivity index (χ3v) is 6.52. The number of anilines is 2. The Morgan fingerprint density at radius 3 is 2.16 bits per heavy atom. The van der Waals surface area contributed by atoms with E-state index in [1.54, 1.807) is 6.33 Å². The molecular formula is C15H20N6O3S. The van der Waals surface area contributed by atoms with Crippen molar-refractivity contribution in [2.45, 2.75) is 17.7 Å². The van der Waals surface area contributed by atoms with E-state index in [2.05, 4.69) is 29.4 Å². The van der Waals surface area contributed by atoms with Crippen molar-refractivity contribution in [3.63, 3.8) is 0 Å². The average molecular weight is 364 g/mol. The minimum Gasteiger partial charge on any atom is -0.363 e. The topological polar surface area (TPSA) is 95.7 Å². The SMILES string of the molecule is O=S(=O)(c1cnoc1)N1CCN(c2cc(N3CCCC3)ncn2)CC1. The number of rotatable bonds is 4. The molecule has 2 aliphatic heterocycles. The Morgan fingerprint density at radius 2 is 1.56 bits per heavy atom. The predicted molar refractivity (Wildman–Crippen MR) is 91.0 cm³/mol. The summed E-state index contributed by atoms with van der Waals surface area (Å²) in [4.78, 5) is 13.2. The summed E-state index contributed by atoms with van der Waals surface area (Å²) < 4.78 is 31.1. The molecule has 0 unspecified atom stereocenters. The van der Waals surface area contributed by atoms with Crippen LogP contribution >= 0.6 is 0 Å². The van der Waals surface area contributed by atoms with Crippen molar-refractivity contribution in [2.75, 3.05) is 49.1 Å². The van der Waals surface area contributed by atoms with Crippen molar-refractivity contribution in [2.24, 2.45) is 0 Å². The molecule has 0 radical (unpaired) electrons. The van der Waals surface area contributed by atoms with Gasteiger partial charge in [-0.05, 0) is 12.8 Å². The van der Waals surface area contributed by atoms with Crippen LogP contribution in [0.25, 0.3) is 0 Å². The highest BCUT2D eigenvalue weighted by Crippen LogP contribution is 2.23. The summed E-state index contributed by atoms with van der Waals surface area (Å²) in [5.74, 6) is 1.79. The molecule has 0 atom stereocenters. The monoisotopic (exact) mass is 364 g/mol. The Labute approximate surface area is 146 Å². The highest BCUT2D eigenvalue weighted by Gasteiger charge is 2.30. The molecule has 2 aromatic heterocycles. The molecule has 2 fully saturated rings. The van der Waals surface area contributed by atoms with Crippen LogP contribution in [-0.4, -0.2) is 67.1 Å². The van der Waals surface area contributed by atoms with Gasteiger partial charge in [0.15, 0.2) is 0 Å². The Bertz CT molecular complexity index is 812. The second-order valence-electron chi connectivity index (χ2n) is 6.18. The second kappa shape index (κ2) is 6.60. The van der Waals surface area contributed by atoms with Crippen molar-refractivity contribution in [1.29, 1.82) is 0 Å². The summed E-state index contributed by atoms with van der Waals surface area (Å²) in [7, 11) is -3.54. The van der Waals surface area contributed by atoms with Crippen LogP contribution in [0, 0.1) is 0 Å². The molecule has 2 aliphatic rings. The van der Waals surface area contributed by atoms with Gasteiger partial charge in [-0.1, -0.05) is 5.16 Å². The van der Waals surface area contributed by atoms with Gasteiger partial charge in [-0.2, -0.15) is 4.31 Å². The first kappa shape index (κ1) is 16.3. The van der Waals surface area contributed by atoms with Crippen molar-refractivity contribution in [1.82, 2.24) is 19.4 Å². The van der Waals surface area contributed by atoms with Gasteiger partial charge in [0.2, 0.25) is 10.0 Å². The lowest BCUT2D eigenvalue weighted by Crippen LogP contribution is -2.48. The van der Waals surface area contributed by atoms with E-state index in [1.165, 1.54) is 23.3 Å². The van der Waals surface area contributed by atoms with Crippen LogP contribution in [-0.2, 0) is 10.0 Å². The van der Waals surface area contributed by atoms with Gasteiger partial charge in [0.1, 0.15) is 29.1 Å². The number of piperazine rings is 1.